The Balaban J connectivity index is 1.63. The molecule has 1 aliphatic rings. The predicted molar refractivity (Wildman–Crippen MR) is 92.1 cm³/mol. The Morgan fingerprint density at radius 3 is 2.71 bits per heavy atom. The molecule has 4 heteroatoms. The van der Waals surface area contributed by atoms with Gasteiger partial charge in [-0.3, -0.25) is 0 Å². The smallest absolute Gasteiger partial charge is 0.151 e. The molecule has 3 nitrogen and oxygen atoms in total. The van der Waals surface area contributed by atoms with E-state index in [0.29, 0.717) is 12.0 Å². The number of nitrogens with zero attached hydrogens (tertiary/aromatic N) is 2. The van der Waals surface area contributed by atoms with Gasteiger partial charge in [0.1, 0.15) is 0 Å². The molecule has 3 rings (SSSR count). The van der Waals surface area contributed by atoms with E-state index >= 15 is 0 Å². The molecule has 0 unspecified atom stereocenters. The third-order valence-corrected chi connectivity index (χ3v) is 4.52. The summed E-state index contributed by atoms with van der Waals surface area (Å²) in [5.74, 6) is 1.67. The van der Waals surface area contributed by atoms with Crippen LogP contribution >= 0.6 is 15.9 Å². The molecule has 0 radical (unpaired) electrons. The number of nitrogens with one attached hydrogen (secondary N) is 1. The topological polar surface area (TPSA) is 28.2 Å². The van der Waals surface area contributed by atoms with Crippen LogP contribution in [0.15, 0.2) is 47.1 Å². The molecule has 1 N–H and O–H groups in total. The Bertz CT molecular complexity index is 621. The van der Waals surface area contributed by atoms with E-state index < -0.39 is 0 Å². The molecule has 2 aromatic rings. The molecule has 0 bridgehead atoms. The van der Waals surface area contributed by atoms with Gasteiger partial charge in [-0.25, -0.2) is 4.98 Å². The maximum Gasteiger partial charge on any atom is 0.151 e. The van der Waals surface area contributed by atoms with Crippen molar-refractivity contribution in [3.63, 3.8) is 0 Å². The highest BCUT2D eigenvalue weighted by molar-refractivity contribution is 9.10. The summed E-state index contributed by atoms with van der Waals surface area (Å²) in [5, 5.41) is 3.63. The quantitative estimate of drug-likeness (QED) is 0.896. The molecule has 1 aromatic heterocycles. The largest absolute Gasteiger partial charge is 0.379 e. The zero-order valence-corrected chi connectivity index (χ0v) is 14.0. The van der Waals surface area contributed by atoms with Crippen LogP contribution in [0, 0.1) is 0 Å². The first kappa shape index (κ1) is 14.4. The van der Waals surface area contributed by atoms with Crippen molar-refractivity contribution in [2.45, 2.75) is 24.8 Å². The number of pyridine rings is 1. The first-order valence-corrected chi connectivity index (χ1v) is 8.07. The second-order valence-electron chi connectivity index (χ2n) is 5.83. The van der Waals surface area contributed by atoms with Gasteiger partial charge in [0, 0.05) is 30.8 Å². The van der Waals surface area contributed by atoms with E-state index in [2.05, 4.69) is 56.6 Å². The van der Waals surface area contributed by atoms with Gasteiger partial charge in [0.2, 0.25) is 0 Å². The van der Waals surface area contributed by atoms with E-state index in [9.17, 15) is 0 Å². The van der Waals surface area contributed by atoms with Crippen molar-refractivity contribution in [2.24, 2.45) is 0 Å². The summed E-state index contributed by atoms with van der Waals surface area (Å²) in [7, 11) is 4.05. The van der Waals surface area contributed by atoms with Gasteiger partial charge < -0.3 is 10.2 Å². The van der Waals surface area contributed by atoms with Gasteiger partial charge in [0.05, 0.1) is 5.69 Å². The van der Waals surface area contributed by atoms with Crippen molar-refractivity contribution in [1.82, 2.24) is 4.98 Å². The van der Waals surface area contributed by atoms with Crippen LogP contribution in [0.1, 0.15) is 24.3 Å². The van der Waals surface area contributed by atoms with Gasteiger partial charge in [-0.1, -0.05) is 28.1 Å². The molecule has 1 saturated carbocycles. The number of hydrogen-bond donors (Lipinski definition) is 1. The monoisotopic (exact) mass is 345 g/mol. The van der Waals surface area contributed by atoms with E-state index in [1.54, 1.807) is 0 Å². The maximum atomic E-state index is 4.44. The van der Waals surface area contributed by atoms with Crippen LogP contribution in [0.2, 0.25) is 0 Å². The molecule has 0 saturated heterocycles. The third-order valence-electron chi connectivity index (χ3n) is 4.03. The normalized spacial score (nSPS) is 20.7. The Morgan fingerprint density at radius 2 is 2.00 bits per heavy atom. The SMILES string of the molecule is CN(C)c1ncccc1NC1CC(c2cccc(Br)c2)C1. The molecule has 1 heterocycles. The van der Waals surface area contributed by atoms with Gasteiger partial charge in [-0.15, -0.1) is 0 Å². The Hall–Kier alpha value is -1.55. The van der Waals surface area contributed by atoms with Gasteiger partial charge in [0.15, 0.2) is 5.82 Å². The second-order valence-corrected chi connectivity index (χ2v) is 6.75. The fraction of sp³-hybridized carbons (Fsp3) is 0.353. The maximum absolute atomic E-state index is 4.44. The Labute approximate surface area is 134 Å². The lowest BCUT2D eigenvalue weighted by atomic mass is 9.76. The summed E-state index contributed by atoms with van der Waals surface area (Å²) in [6.45, 7) is 0. The van der Waals surface area contributed by atoms with E-state index in [-0.39, 0.29) is 0 Å². The summed E-state index contributed by atoms with van der Waals surface area (Å²) >= 11 is 3.55. The zero-order valence-electron chi connectivity index (χ0n) is 12.4. The molecule has 1 aromatic carbocycles. The summed E-state index contributed by atoms with van der Waals surface area (Å²) in [6, 6.07) is 13.3. The molecule has 1 fully saturated rings. The van der Waals surface area contributed by atoms with Crippen molar-refractivity contribution in [2.75, 3.05) is 24.3 Å². The highest BCUT2D eigenvalue weighted by Crippen LogP contribution is 2.39. The van der Waals surface area contributed by atoms with Crippen LogP contribution in [-0.4, -0.2) is 25.1 Å². The lowest BCUT2D eigenvalue weighted by molar-refractivity contribution is 0.374. The third kappa shape index (κ3) is 3.21. The first-order valence-electron chi connectivity index (χ1n) is 7.28. The van der Waals surface area contributed by atoms with E-state index in [1.807, 2.05) is 31.3 Å². The first-order chi connectivity index (χ1) is 10.1. The molecule has 0 amide bonds. The number of aromatic nitrogens is 1. The minimum absolute atomic E-state index is 0.539. The number of benzene rings is 1. The Morgan fingerprint density at radius 1 is 1.19 bits per heavy atom. The van der Waals surface area contributed by atoms with Crippen LogP contribution in [0.3, 0.4) is 0 Å². The molecule has 0 aliphatic heterocycles. The summed E-state index contributed by atoms with van der Waals surface area (Å²) in [5.41, 5.74) is 2.56. The number of anilines is 2. The zero-order chi connectivity index (χ0) is 14.8. The summed E-state index contributed by atoms with van der Waals surface area (Å²) < 4.78 is 1.17. The van der Waals surface area contributed by atoms with Gasteiger partial charge in [0.25, 0.3) is 0 Å². The van der Waals surface area contributed by atoms with Gasteiger partial charge in [-0.2, -0.15) is 0 Å². The molecule has 21 heavy (non-hydrogen) atoms. The fourth-order valence-electron chi connectivity index (χ4n) is 2.85. The van der Waals surface area contributed by atoms with Crippen LogP contribution in [0.4, 0.5) is 11.5 Å². The van der Waals surface area contributed by atoms with Crippen LogP contribution in [-0.2, 0) is 0 Å². The van der Waals surface area contributed by atoms with Crippen molar-refractivity contribution in [3.8, 4) is 0 Å². The minimum atomic E-state index is 0.539. The lowest BCUT2D eigenvalue weighted by Crippen LogP contribution is -2.34. The summed E-state index contributed by atoms with van der Waals surface area (Å²) in [6.07, 6.45) is 4.20. The van der Waals surface area contributed by atoms with Crippen molar-refractivity contribution >= 4 is 27.4 Å². The highest BCUT2D eigenvalue weighted by Gasteiger charge is 2.30. The van der Waals surface area contributed by atoms with Crippen molar-refractivity contribution in [3.05, 3.63) is 52.6 Å². The molecule has 1 aliphatic carbocycles. The standard InChI is InChI=1S/C17H20BrN3/c1-21(2)17-16(7-4-8-19-17)20-15-10-13(11-15)12-5-3-6-14(18)9-12/h3-9,13,15,20H,10-11H2,1-2H3. The molecule has 110 valence electrons. The van der Waals surface area contributed by atoms with E-state index in [4.69, 9.17) is 0 Å². The van der Waals surface area contributed by atoms with Crippen LogP contribution in [0.5, 0.6) is 0 Å². The van der Waals surface area contributed by atoms with Crippen LogP contribution in [0.25, 0.3) is 0 Å². The number of rotatable bonds is 4. The average molecular weight is 346 g/mol. The van der Waals surface area contributed by atoms with Crippen LogP contribution < -0.4 is 10.2 Å². The lowest BCUT2D eigenvalue weighted by Gasteiger charge is -2.37. The van der Waals surface area contributed by atoms with E-state index in [1.165, 1.54) is 22.9 Å². The average Bonchev–Trinajstić information content (AvgIpc) is 2.42. The Kier molecular flexibility index (Phi) is 4.15. The predicted octanol–water partition coefficient (Wildman–Crippen LogP) is 4.27. The molecular weight excluding hydrogens is 326 g/mol. The van der Waals surface area contributed by atoms with Gasteiger partial charge >= 0.3 is 0 Å². The highest BCUT2D eigenvalue weighted by atomic mass is 79.9. The second kappa shape index (κ2) is 6.06. The van der Waals surface area contributed by atoms with Crippen molar-refractivity contribution in [1.29, 1.82) is 0 Å². The summed E-state index contributed by atoms with van der Waals surface area (Å²) in [4.78, 5) is 6.48. The minimum Gasteiger partial charge on any atom is -0.379 e. The number of halogens is 1. The fourth-order valence-corrected chi connectivity index (χ4v) is 3.27. The van der Waals surface area contributed by atoms with E-state index in [0.717, 1.165) is 11.5 Å². The molecule has 0 atom stereocenters. The van der Waals surface area contributed by atoms with Gasteiger partial charge in [-0.05, 0) is 48.6 Å². The number of hydrogen-bond acceptors (Lipinski definition) is 3. The molecule has 0 spiro atoms. The molecular formula is C17H20BrN3. The van der Waals surface area contributed by atoms with Crippen molar-refractivity contribution < 1.29 is 0 Å².